The van der Waals surface area contributed by atoms with Gasteiger partial charge in [0.25, 0.3) is 0 Å². The van der Waals surface area contributed by atoms with Crippen LogP contribution >= 0.6 is 0 Å². The van der Waals surface area contributed by atoms with E-state index in [4.69, 9.17) is 4.74 Å². The summed E-state index contributed by atoms with van der Waals surface area (Å²) in [5.74, 6) is 0.834. The molecule has 22 heavy (non-hydrogen) atoms. The number of hydrogen-bond acceptors (Lipinski definition) is 3. The number of benzene rings is 1. The minimum absolute atomic E-state index is 0. The van der Waals surface area contributed by atoms with E-state index < -0.39 is 0 Å². The van der Waals surface area contributed by atoms with E-state index in [1.165, 1.54) is 11.1 Å². The lowest BCUT2D eigenvalue weighted by atomic mass is 9.82. The number of carbonyl (C=O) groups is 1. The average Bonchev–Trinajstić information content (AvgIpc) is 2.50. The largest absolute Gasteiger partial charge is 1.00 e. The molecule has 1 aromatic carbocycles. The third kappa shape index (κ3) is 5.62. The Hall–Kier alpha value is -1.06. The van der Waals surface area contributed by atoms with Crippen molar-refractivity contribution >= 4 is 5.97 Å². The van der Waals surface area contributed by atoms with Crippen molar-refractivity contribution in [1.29, 1.82) is 0 Å². The standard InChI is InChI=1S/C18H27NO2.ClH/c1-3-21-18(20)16-10-8-15(9-11-16)12-19-13-17-7-5-4-6-14(17)2;/h4-7,15-16,19H,3,8-13H2,1-2H3;1H/p-1. The molecule has 1 aliphatic rings. The van der Waals surface area contributed by atoms with Gasteiger partial charge in [0.15, 0.2) is 0 Å². The smallest absolute Gasteiger partial charge is 0.308 e. The molecule has 0 amide bonds. The summed E-state index contributed by atoms with van der Waals surface area (Å²) >= 11 is 0. The molecule has 1 N–H and O–H groups in total. The molecule has 0 radical (unpaired) electrons. The minimum atomic E-state index is 0. The fraction of sp³-hybridized carbons (Fsp3) is 0.611. The molecule has 0 aromatic heterocycles. The van der Waals surface area contributed by atoms with Crippen LogP contribution in [0.3, 0.4) is 0 Å². The monoisotopic (exact) mass is 324 g/mol. The number of rotatable bonds is 6. The normalized spacial score (nSPS) is 21.0. The third-order valence-corrected chi connectivity index (χ3v) is 4.48. The number of esters is 1. The van der Waals surface area contributed by atoms with Crippen molar-refractivity contribution in [2.45, 2.75) is 46.1 Å². The van der Waals surface area contributed by atoms with Gasteiger partial charge in [-0.1, -0.05) is 24.3 Å². The van der Waals surface area contributed by atoms with Gasteiger partial charge in [-0.15, -0.1) is 0 Å². The molecule has 3 nitrogen and oxygen atoms in total. The van der Waals surface area contributed by atoms with Crippen molar-refractivity contribution in [2.24, 2.45) is 11.8 Å². The van der Waals surface area contributed by atoms with E-state index in [1.807, 2.05) is 6.92 Å². The minimum Gasteiger partial charge on any atom is -1.00 e. The van der Waals surface area contributed by atoms with Gasteiger partial charge < -0.3 is 22.5 Å². The molecule has 0 heterocycles. The fourth-order valence-corrected chi connectivity index (χ4v) is 3.08. The van der Waals surface area contributed by atoms with Crippen LogP contribution in [0, 0.1) is 18.8 Å². The molecule has 0 saturated heterocycles. The number of aryl methyl sites for hydroxylation is 1. The first kappa shape index (κ1) is 19.0. The van der Waals surface area contributed by atoms with E-state index >= 15 is 0 Å². The van der Waals surface area contributed by atoms with Crippen LogP contribution in [0.25, 0.3) is 0 Å². The van der Waals surface area contributed by atoms with Gasteiger partial charge in [0.2, 0.25) is 0 Å². The summed E-state index contributed by atoms with van der Waals surface area (Å²) in [4.78, 5) is 11.7. The summed E-state index contributed by atoms with van der Waals surface area (Å²) in [7, 11) is 0. The lowest BCUT2D eigenvalue weighted by molar-refractivity contribution is -0.149. The molecule has 124 valence electrons. The maximum absolute atomic E-state index is 11.7. The molecule has 1 saturated carbocycles. The highest BCUT2D eigenvalue weighted by Gasteiger charge is 2.26. The van der Waals surface area contributed by atoms with Crippen LogP contribution in [-0.2, 0) is 16.1 Å². The van der Waals surface area contributed by atoms with E-state index in [0.29, 0.717) is 12.5 Å². The first-order valence-corrected chi connectivity index (χ1v) is 8.12. The quantitative estimate of drug-likeness (QED) is 0.773. The van der Waals surface area contributed by atoms with Crippen molar-refractivity contribution < 1.29 is 21.9 Å². The predicted molar refractivity (Wildman–Crippen MR) is 85.0 cm³/mol. The Bertz CT molecular complexity index is 456. The van der Waals surface area contributed by atoms with Gasteiger partial charge in [-0.3, -0.25) is 4.79 Å². The molecule has 1 aliphatic carbocycles. The van der Waals surface area contributed by atoms with Crippen molar-refractivity contribution in [1.82, 2.24) is 5.32 Å². The van der Waals surface area contributed by atoms with E-state index in [0.717, 1.165) is 38.8 Å². The molecule has 2 rings (SSSR count). The number of ether oxygens (including phenoxy) is 1. The summed E-state index contributed by atoms with van der Waals surface area (Å²) in [6.07, 6.45) is 4.22. The first-order valence-electron chi connectivity index (χ1n) is 8.12. The summed E-state index contributed by atoms with van der Waals surface area (Å²) in [5, 5.41) is 3.57. The van der Waals surface area contributed by atoms with Crippen LogP contribution < -0.4 is 17.7 Å². The average molecular weight is 325 g/mol. The number of hydrogen-bond donors (Lipinski definition) is 1. The van der Waals surface area contributed by atoms with Gasteiger partial charge in [-0.25, -0.2) is 0 Å². The molecule has 0 atom stereocenters. The molecular formula is C18H27ClNO2-. The Labute approximate surface area is 140 Å². The maximum atomic E-state index is 11.7. The van der Waals surface area contributed by atoms with Gasteiger partial charge in [0, 0.05) is 6.54 Å². The van der Waals surface area contributed by atoms with Gasteiger partial charge in [-0.05, 0) is 63.1 Å². The zero-order chi connectivity index (χ0) is 15.1. The van der Waals surface area contributed by atoms with Gasteiger partial charge in [-0.2, -0.15) is 0 Å². The molecule has 4 heteroatoms. The van der Waals surface area contributed by atoms with Gasteiger partial charge in [0.05, 0.1) is 12.5 Å². The zero-order valence-corrected chi connectivity index (χ0v) is 14.4. The topological polar surface area (TPSA) is 38.3 Å². The highest BCUT2D eigenvalue weighted by atomic mass is 35.5. The summed E-state index contributed by atoms with van der Waals surface area (Å²) in [5.41, 5.74) is 2.72. The van der Waals surface area contributed by atoms with Gasteiger partial charge >= 0.3 is 5.97 Å². The van der Waals surface area contributed by atoms with E-state index in [9.17, 15) is 4.79 Å². The van der Waals surface area contributed by atoms with Crippen LogP contribution in [0.15, 0.2) is 24.3 Å². The molecule has 0 spiro atoms. The van der Waals surface area contributed by atoms with Crippen LogP contribution in [0.1, 0.15) is 43.7 Å². The van der Waals surface area contributed by atoms with Crippen molar-refractivity contribution in [3.8, 4) is 0 Å². The second-order valence-corrected chi connectivity index (χ2v) is 6.03. The lowest BCUT2D eigenvalue weighted by Gasteiger charge is -2.27. The Morgan fingerprint density at radius 1 is 1.23 bits per heavy atom. The Morgan fingerprint density at radius 3 is 2.55 bits per heavy atom. The second-order valence-electron chi connectivity index (χ2n) is 6.03. The SMILES string of the molecule is CCOC(=O)C1CCC(CNCc2ccccc2C)CC1.[Cl-]. The molecule has 0 unspecified atom stereocenters. The van der Waals surface area contributed by atoms with Crippen LogP contribution in [0.2, 0.25) is 0 Å². The molecule has 0 bridgehead atoms. The lowest BCUT2D eigenvalue weighted by Crippen LogP contribution is -3.00. The van der Waals surface area contributed by atoms with Crippen LogP contribution in [-0.4, -0.2) is 19.1 Å². The molecule has 1 aromatic rings. The van der Waals surface area contributed by atoms with Crippen LogP contribution in [0.4, 0.5) is 0 Å². The Morgan fingerprint density at radius 2 is 1.91 bits per heavy atom. The first-order chi connectivity index (χ1) is 10.2. The number of carbonyl (C=O) groups excluding carboxylic acids is 1. The second kappa shape index (κ2) is 9.86. The van der Waals surface area contributed by atoms with E-state index in [1.54, 1.807) is 0 Å². The van der Waals surface area contributed by atoms with Crippen molar-refractivity contribution in [3.05, 3.63) is 35.4 Å². The zero-order valence-electron chi connectivity index (χ0n) is 13.6. The Balaban J connectivity index is 0.00000242. The third-order valence-electron chi connectivity index (χ3n) is 4.48. The van der Waals surface area contributed by atoms with Crippen molar-refractivity contribution in [2.75, 3.05) is 13.2 Å². The highest BCUT2D eigenvalue weighted by molar-refractivity contribution is 5.72. The number of halogens is 1. The molecular weight excluding hydrogens is 298 g/mol. The summed E-state index contributed by atoms with van der Waals surface area (Å²) in [6, 6.07) is 8.51. The summed E-state index contributed by atoms with van der Waals surface area (Å²) < 4.78 is 5.11. The Kier molecular flexibility index (Phi) is 8.51. The maximum Gasteiger partial charge on any atom is 0.308 e. The number of nitrogens with one attached hydrogen (secondary N) is 1. The van der Waals surface area contributed by atoms with Crippen LogP contribution in [0.5, 0.6) is 0 Å². The molecule has 1 fully saturated rings. The molecule has 0 aliphatic heterocycles. The van der Waals surface area contributed by atoms with E-state index in [-0.39, 0.29) is 24.3 Å². The van der Waals surface area contributed by atoms with Crippen molar-refractivity contribution in [3.63, 3.8) is 0 Å². The predicted octanol–water partition coefficient (Wildman–Crippen LogP) is 0.458. The van der Waals surface area contributed by atoms with E-state index in [2.05, 4.69) is 36.5 Å². The highest BCUT2D eigenvalue weighted by Crippen LogP contribution is 2.29. The summed E-state index contributed by atoms with van der Waals surface area (Å²) in [6.45, 7) is 6.51. The fourth-order valence-electron chi connectivity index (χ4n) is 3.08. The van der Waals surface area contributed by atoms with Gasteiger partial charge in [0.1, 0.15) is 0 Å².